The zero-order valence-electron chi connectivity index (χ0n) is 8.65. The van der Waals surface area contributed by atoms with Crippen molar-refractivity contribution in [1.82, 2.24) is 0 Å². The number of carbonyl (C=O) groups excluding carboxylic acids is 3. The highest BCUT2D eigenvalue weighted by Crippen LogP contribution is 2.02. The number of carbonyl (C=O) groups is 3. The third-order valence-corrected chi connectivity index (χ3v) is 1.74. The molecule has 0 radical (unpaired) electrons. The Morgan fingerprint density at radius 1 is 1.20 bits per heavy atom. The fraction of sp³-hybridized carbons (Fsp3) is 0.667. The minimum Gasteiger partial charge on any atom is -0.539 e. The van der Waals surface area contributed by atoms with E-state index in [0.29, 0.717) is 6.42 Å². The van der Waals surface area contributed by atoms with Gasteiger partial charge in [0.1, 0.15) is 13.2 Å². The highest BCUT2D eigenvalue weighted by atomic mass is 16.6. The van der Waals surface area contributed by atoms with Gasteiger partial charge in [-0.05, 0) is 6.42 Å². The van der Waals surface area contributed by atoms with Crippen LogP contribution < -0.4 is 5.11 Å². The Hall–Kier alpha value is -1.59. The lowest BCUT2D eigenvalue weighted by molar-refractivity contribution is -0.303. The van der Waals surface area contributed by atoms with Gasteiger partial charge in [0, 0.05) is 0 Å². The van der Waals surface area contributed by atoms with E-state index in [9.17, 15) is 19.5 Å². The Bertz CT molecular complexity index is 247. The summed E-state index contributed by atoms with van der Waals surface area (Å²) >= 11 is 0. The first-order valence-corrected chi connectivity index (χ1v) is 4.53. The molecule has 0 saturated heterocycles. The molecular weight excluding hydrogens is 204 g/mol. The first-order chi connectivity index (χ1) is 6.99. The molecule has 0 aromatic carbocycles. The lowest BCUT2D eigenvalue weighted by atomic mass is 10.1. The van der Waals surface area contributed by atoms with Gasteiger partial charge in [0.2, 0.25) is 0 Å². The van der Waals surface area contributed by atoms with Crippen molar-refractivity contribution in [2.24, 2.45) is 5.92 Å². The number of aliphatic carboxylic acids is 1. The van der Waals surface area contributed by atoms with Gasteiger partial charge in [0.25, 0.3) is 0 Å². The summed E-state index contributed by atoms with van der Waals surface area (Å²) in [6.45, 7) is 3.11. The zero-order valence-corrected chi connectivity index (χ0v) is 8.65. The second kappa shape index (κ2) is 6.80. The minimum absolute atomic E-state index is 0.151. The molecule has 0 amide bonds. The third-order valence-electron chi connectivity index (χ3n) is 1.74. The molecular formula is C9H13O6-. The molecule has 0 heterocycles. The van der Waals surface area contributed by atoms with Gasteiger partial charge < -0.3 is 19.4 Å². The molecule has 6 heteroatoms. The normalized spacial score (nSPS) is 11.6. The van der Waals surface area contributed by atoms with E-state index in [-0.39, 0.29) is 19.1 Å². The van der Waals surface area contributed by atoms with Crippen molar-refractivity contribution in [3.05, 3.63) is 0 Å². The zero-order chi connectivity index (χ0) is 11.8. The van der Waals surface area contributed by atoms with Crippen LogP contribution in [-0.4, -0.2) is 31.1 Å². The number of ether oxygens (including phenoxy) is 2. The molecule has 1 atom stereocenters. The highest BCUT2D eigenvalue weighted by Gasteiger charge is 2.11. The predicted molar refractivity (Wildman–Crippen MR) is 46.4 cm³/mol. The van der Waals surface area contributed by atoms with Crippen molar-refractivity contribution < 1.29 is 29.0 Å². The molecule has 86 valence electrons. The molecule has 0 unspecified atom stereocenters. The molecule has 0 fully saturated rings. The number of rotatable bonds is 5. The maximum Gasteiger partial charge on any atom is 0.354 e. The highest BCUT2D eigenvalue weighted by molar-refractivity contribution is 6.27. The van der Waals surface area contributed by atoms with E-state index in [1.54, 1.807) is 6.92 Å². The summed E-state index contributed by atoms with van der Waals surface area (Å²) in [5, 5.41) is 9.89. The van der Waals surface area contributed by atoms with Crippen molar-refractivity contribution >= 4 is 17.9 Å². The van der Waals surface area contributed by atoms with Gasteiger partial charge in [-0.3, -0.25) is 4.79 Å². The van der Waals surface area contributed by atoms with Gasteiger partial charge in [-0.15, -0.1) is 0 Å². The van der Waals surface area contributed by atoms with E-state index in [1.165, 1.54) is 0 Å². The van der Waals surface area contributed by atoms with Crippen LogP contribution >= 0.6 is 0 Å². The molecule has 6 nitrogen and oxygen atoms in total. The molecule has 0 aliphatic heterocycles. The Labute approximate surface area is 87.2 Å². The molecule has 0 aliphatic rings. The first kappa shape index (κ1) is 13.4. The number of esters is 2. The summed E-state index contributed by atoms with van der Waals surface area (Å²) in [4.78, 5) is 31.3. The second-order valence-corrected chi connectivity index (χ2v) is 2.90. The Morgan fingerprint density at radius 2 is 1.73 bits per heavy atom. The quantitative estimate of drug-likeness (QED) is 0.328. The number of hydrogen-bond donors (Lipinski definition) is 0. The molecule has 0 aliphatic carbocycles. The van der Waals surface area contributed by atoms with Crippen LogP contribution in [0.2, 0.25) is 0 Å². The summed E-state index contributed by atoms with van der Waals surface area (Å²) < 4.78 is 8.88. The van der Waals surface area contributed by atoms with E-state index in [4.69, 9.17) is 4.74 Å². The molecule has 0 saturated carbocycles. The van der Waals surface area contributed by atoms with Crippen molar-refractivity contribution in [2.75, 3.05) is 13.2 Å². The summed E-state index contributed by atoms with van der Waals surface area (Å²) in [5.41, 5.74) is 0. The van der Waals surface area contributed by atoms with E-state index in [1.807, 2.05) is 6.92 Å². The van der Waals surface area contributed by atoms with Crippen LogP contribution in [0.4, 0.5) is 0 Å². The smallest absolute Gasteiger partial charge is 0.354 e. The van der Waals surface area contributed by atoms with Gasteiger partial charge in [-0.1, -0.05) is 13.8 Å². The van der Waals surface area contributed by atoms with Crippen LogP contribution in [0.5, 0.6) is 0 Å². The fourth-order valence-corrected chi connectivity index (χ4v) is 0.644. The van der Waals surface area contributed by atoms with Crippen LogP contribution in [0, 0.1) is 5.92 Å². The van der Waals surface area contributed by atoms with Gasteiger partial charge in [-0.25, -0.2) is 4.79 Å². The van der Waals surface area contributed by atoms with Crippen LogP contribution in [0.15, 0.2) is 0 Å². The fourth-order valence-electron chi connectivity index (χ4n) is 0.644. The van der Waals surface area contributed by atoms with Crippen LogP contribution in [-0.2, 0) is 23.9 Å². The van der Waals surface area contributed by atoms with E-state index in [2.05, 4.69) is 4.74 Å². The van der Waals surface area contributed by atoms with Crippen molar-refractivity contribution in [1.29, 1.82) is 0 Å². The Kier molecular flexibility index (Phi) is 6.08. The summed E-state index contributed by atoms with van der Waals surface area (Å²) in [5.74, 6) is -4.00. The van der Waals surface area contributed by atoms with E-state index >= 15 is 0 Å². The number of hydrogen-bond acceptors (Lipinski definition) is 6. The lowest BCUT2D eigenvalue weighted by Crippen LogP contribution is -2.34. The largest absolute Gasteiger partial charge is 0.539 e. The molecule has 0 aromatic heterocycles. The Balaban J connectivity index is 3.59. The Morgan fingerprint density at radius 3 is 2.20 bits per heavy atom. The average Bonchev–Trinajstić information content (AvgIpc) is 2.22. The molecule has 0 N–H and O–H groups in total. The van der Waals surface area contributed by atoms with Crippen LogP contribution in [0.3, 0.4) is 0 Å². The molecule has 0 bridgehead atoms. The third kappa shape index (κ3) is 5.66. The lowest BCUT2D eigenvalue weighted by Gasteiger charge is -2.09. The van der Waals surface area contributed by atoms with Crippen molar-refractivity contribution in [3.63, 3.8) is 0 Å². The summed E-state index contributed by atoms with van der Waals surface area (Å²) in [7, 11) is 0. The van der Waals surface area contributed by atoms with Crippen LogP contribution in [0.25, 0.3) is 0 Å². The second-order valence-electron chi connectivity index (χ2n) is 2.90. The van der Waals surface area contributed by atoms with Crippen LogP contribution in [0.1, 0.15) is 20.3 Å². The van der Waals surface area contributed by atoms with Gasteiger partial charge in [-0.2, -0.15) is 0 Å². The average molecular weight is 217 g/mol. The van der Waals surface area contributed by atoms with E-state index in [0.717, 1.165) is 0 Å². The van der Waals surface area contributed by atoms with Crippen molar-refractivity contribution in [2.45, 2.75) is 20.3 Å². The maximum atomic E-state index is 11.1. The predicted octanol–water partition coefficient (Wildman–Crippen LogP) is -1.13. The van der Waals surface area contributed by atoms with Gasteiger partial charge >= 0.3 is 11.9 Å². The summed E-state index contributed by atoms with van der Waals surface area (Å²) in [6, 6.07) is 0. The number of carboxylic acid groups (broad SMARTS) is 1. The monoisotopic (exact) mass is 217 g/mol. The molecule has 0 rings (SSSR count). The minimum atomic E-state index is -1.91. The molecule has 0 aromatic rings. The van der Waals surface area contributed by atoms with Gasteiger partial charge in [0.05, 0.1) is 5.92 Å². The molecule has 0 spiro atoms. The standard InChI is InChI=1S/C9H14O6/c1-3-6(2)8(12)14-4-5-15-9(13)7(10)11/h6H,3-5H2,1-2H3,(H,10,11)/p-1/t6-/m0/s1. The first-order valence-electron chi connectivity index (χ1n) is 4.53. The summed E-state index contributed by atoms with van der Waals surface area (Å²) in [6.07, 6.45) is 0.650. The van der Waals surface area contributed by atoms with Gasteiger partial charge in [0.15, 0.2) is 5.97 Å². The molecule has 15 heavy (non-hydrogen) atoms. The maximum absolute atomic E-state index is 11.1. The van der Waals surface area contributed by atoms with Crippen molar-refractivity contribution in [3.8, 4) is 0 Å². The van der Waals surface area contributed by atoms with E-state index < -0.39 is 17.9 Å². The SMILES string of the molecule is CC[C@H](C)C(=O)OCCOC(=O)C(=O)[O-]. The number of carboxylic acids is 1. The topological polar surface area (TPSA) is 92.7 Å².